The molecule has 0 heterocycles. The lowest BCUT2D eigenvalue weighted by Crippen LogP contribution is -2.50. The van der Waals surface area contributed by atoms with E-state index in [9.17, 15) is 22.4 Å². The summed E-state index contributed by atoms with van der Waals surface area (Å²) in [5.74, 6) is -1.19. The van der Waals surface area contributed by atoms with Crippen molar-refractivity contribution in [1.29, 1.82) is 0 Å². The molecule has 1 N–H and O–H groups in total. The van der Waals surface area contributed by atoms with Crippen molar-refractivity contribution in [2.45, 2.75) is 65.1 Å². The monoisotopic (exact) mass is 539 g/mol. The van der Waals surface area contributed by atoms with Gasteiger partial charge in [0, 0.05) is 30.6 Å². The Morgan fingerprint density at radius 1 is 1.06 bits per heavy atom. The minimum atomic E-state index is -3.77. The highest BCUT2D eigenvalue weighted by molar-refractivity contribution is 7.92. The maximum Gasteiger partial charge on any atom is 0.243 e. The van der Waals surface area contributed by atoms with Crippen LogP contribution in [0.4, 0.5) is 10.1 Å². The molecule has 0 fully saturated rings. The maximum atomic E-state index is 14.3. The molecule has 0 spiro atoms. The Morgan fingerprint density at radius 2 is 1.69 bits per heavy atom. The summed E-state index contributed by atoms with van der Waals surface area (Å²) in [4.78, 5) is 27.9. The van der Waals surface area contributed by atoms with Crippen LogP contribution in [0.3, 0.4) is 0 Å². The summed E-state index contributed by atoms with van der Waals surface area (Å²) >= 11 is 6.00. The third-order valence-electron chi connectivity index (χ3n) is 5.93. The van der Waals surface area contributed by atoms with Crippen LogP contribution in [0.5, 0.6) is 0 Å². The first-order chi connectivity index (χ1) is 17.0. The zero-order valence-corrected chi connectivity index (χ0v) is 22.8. The molecule has 0 saturated heterocycles. The normalized spacial score (nSPS) is 13.1. The molecule has 198 valence electrons. The van der Waals surface area contributed by atoms with Gasteiger partial charge in [0.2, 0.25) is 21.8 Å². The molecule has 2 rings (SSSR count). The zero-order valence-electron chi connectivity index (χ0n) is 21.2. The van der Waals surface area contributed by atoms with Gasteiger partial charge in [0.15, 0.2) is 0 Å². The lowest BCUT2D eigenvalue weighted by atomic mass is 10.1. The fraction of sp³-hybridized carbons (Fsp3) is 0.462. The van der Waals surface area contributed by atoms with E-state index >= 15 is 0 Å². The number of carbonyl (C=O) groups excluding carboxylic acids is 2. The molecule has 0 radical (unpaired) electrons. The molecule has 2 aromatic rings. The Kier molecular flexibility index (Phi) is 11.2. The summed E-state index contributed by atoms with van der Waals surface area (Å²) in [6.07, 6.45) is 2.30. The second-order valence-electron chi connectivity index (χ2n) is 8.78. The van der Waals surface area contributed by atoms with E-state index in [-0.39, 0.29) is 49.5 Å². The Balaban J connectivity index is 2.23. The minimum absolute atomic E-state index is 0.0127. The van der Waals surface area contributed by atoms with Gasteiger partial charge >= 0.3 is 0 Å². The second kappa shape index (κ2) is 13.6. The Morgan fingerprint density at radius 3 is 2.25 bits per heavy atom. The van der Waals surface area contributed by atoms with E-state index in [1.165, 1.54) is 23.1 Å². The molecule has 0 aliphatic heterocycles. The summed E-state index contributed by atoms with van der Waals surface area (Å²) in [6, 6.07) is 11.9. The maximum absolute atomic E-state index is 14.3. The van der Waals surface area contributed by atoms with Gasteiger partial charge in [-0.05, 0) is 56.0 Å². The lowest BCUT2D eigenvalue weighted by molar-refractivity contribution is -0.141. The summed E-state index contributed by atoms with van der Waals surface area (Å²) in [6.45, 7) is 5.83. The van der Waals surface area contributed by atoms with Gasteiger partial charge in [-0.3, -0.25) is 13.9 Å². The number of amides is 2. The number of hydrogen-bond donors (Lipinski definition) is 1. The summed E-state index contributed by atoms with van der Waals surface area (Å²) in [5, 5.41) is 3.51. The van der Waals surface area contributed by atoms with Gasteiger partial charge < -0.3 is 10.2 Å². The van der Waals surface area contributed by atoms with E-state index in [1.807, 2.05) is 20.8 Å². The van der Waals surface area contributed by atoms with Crippen LogP contribution in [0.2, 0.25) is 5.02 Å². The summed E-state index contributed by atoms with van der Waals surface area (Å²) in [7, 11) is -3.77. The molecule has 2 aromatic carbocycles. The number of benzene rings is 2. The van der Waals surface area contributed by atoms with Crippen molar-refractivity contribution in [3.8, 4) is 0 Å². The van der Waals surface area contributed by atoms with Crippen molar-refractivity contribution in [2.75, 3.05) is 17.1 Å². The van der Waals surface area contributed by atoms with Crippen molar-refractivity contribution >= 4 is 39.1 Å². The predicted molar refractivity (Wildman–Crippen MR) is 142 cm³/mol. The topological polar surface area (TPSA) is 86.8 Å². The van der Waals surface area contributed by atoms with Crippen molar-refractivity contribution in [2.24, 2.45) is 0 Å². The van der Waals surface area contributed by atoms with Gasteiger partial charge in [0.1, 0.15) is 11.9 Å². The number of sulfonamides is 1. The first-order valence-corrected chi connectivity index (χ1v) is 14.3. The van der Waals surface area contributed by atoms with Crippen molar-refractivity contribution < 1.29 is 22.4 Å². The van der Waals surface area contributed by atoms with Gasteiger partial charge in [0.25, 0.3) is 0 Å². The standard InChI is InChI=1S/C26H35ClFN3O4S/c1-5-19(3)29-26(33)23(6-2)30(18-20-13-15-21(27)16-14-20)25(32)12-9-17-31(36(4,34)35)24-11-8-7-10-22(24)28/h7-8,10-11,13-16,19,23H,5-6,9,12,17-18H2,1-4H3,(H,29,33)/t19-,23+/m0/s1. The van der Waals surface area contributed by atoms with Crippen LogP contribution in [0.25, 0.3) is 0 Å². The predicted octanol–water partition coefficient (Wildman–Crippen LogP) is 4.75. The van der Waals surface area contributed by atoms with Crippen LogP contribution < -0.4 is 9.62 Å². The fourth-order valence-corrected chi connectivity index (χ4v) is 4.88. The van der Waals surface area contributed by atoms with Crippen LogP contribution in [-0.2, 0) is 26.2 Å². The van der Waals surface area contributed by atoms with Gasteiger partial charge in [0.05, 0.1) is 11.9 Å². The number of halogens is 2. The van der Waals surface area contributed by atoms with Crippen LogP contribution >= 0.6 is 11.6 Å². The molecule has 36 heavy (non-hydrogen) atoms. The van der Waals surface area contributed by atoms with E-state index in [2.05, 4.69) is 5.32 Å². The third-order valence-corrected chi connectivity index (χ3v) is 7.36. The number of para-hydroxylation sites is 1. The van der Waals surface area contributed by atoms with E-state index in [4.69, 9.17) is 11.6 Å². The smallest absolute Gasteiger partial charge is 0.243 e. The van der Waals surface area contributed by atoms with Gasteiger partial charge in [-0.15, -0.1) is 0 Å². The molecule has 0 aromatic heterocycles. The molecule has 7 nitrogen and oxygen atoms in total. The lowest BCUT2D eigenvalue weighted by Gasteiger charge is -2.32. The molecule has 0 saturated carbocycles. The molecule has 10 heteroatoms. The fourth-order valence-electron chi connectivity index (χ4n) is 3.78. The first-order valence-electron chi connectivity index (χ1n) is 12.0. The SMILES string of the molecule is CC[C@H](C(=O)N[C@@H](C)CC)N(Cc1ccc(Cl)cc1)C(=O)CCCN(c1ccccc1F)S(C)(=O)=O. The van der Waals surface area contributed by atoms with Crippen molar-refractivity contribution in [1.82, 2.24) is 10.2 Å². The molecular weight excluding hydrogens is 505 g/mol. The van der Waals surface area contributed by atoms with Crippen molar-refractivity contribution in [3.05, 3.63) is 64.9 Å². The largest absolute Gasteiger partial charge is 0.352 e. The molecule has 0 aliphatic carbocycles. The molecular formula is C26H35ClFN3O4S. The number of nitrogens with one attached hydrogen (secondary N) is 1. The first kappa shape index (κ1) is 29.6. The minimum Gasteiger partial charge on any atom is -0.352 e. The highest BCUT2D eigenvalue weighted by Crippen LogP contribution is 2.23. The second-order valence-corrected chi connectivity index (χ2v) is 11.1. The Bertz CT molecular complexity index is 1130. The van der Waals surface area contributed by atoms with Gasteiger partial charge in [-0.2, -0.15) is 0 Å². The van der Waals surface area contributed by atoms with Crippen LogP contribution in [0, 0.1) is 5.82 Å². The molecule has 0 aliphatic rings. The Hall–Kier alpha value is -2.65. The Labute approximate surface area is 218 Å². The average Bonchev–Trinajstić information content (AvgIpc) is 2.82. The number of hydrogen-bond acceptors (Lipinski definition) is 4. The van der Waals surface area contributed by atoms with Crippen LogP contribution in [0.15, 0.2) is 48.5 Å². The van der Waals surface area contributed by atoms with Crippen molar-refractivity contribution in [3.63, 3.8) is 0 Å². The number of carbonyl (C=O) groups is 2. The summed E-state index contributed by atoms with van der Waals surface area (Å²) < 4.78 is 39.9. The average molecular weight is 540 g/mol. The van der Waals surface area contributed by atoms with E-state index in [1.54, 1.807) is 30.3 Å². The van der Waals surface area contributed by atoms with Crippen LogP contribution in [0.1, 0.15) is 52.0 Å². The number of nitrogens with zero attached hydrogens (tertiary/aromatic N) is 2. The van der Waals surface area contributed by atoms with Crippen LogP contribution in [-0.4, -0.2) is 50.0 Å². The number of rotatable bonds is 13. The van der Waals surface area contributed by atoms with E-state index in [0.29, 0.717) is 11.4 Å². The molecule has 0 unspecified atom stereocenters. The molecule has 0 bridgehead atoms. The molecule has 2 amide bonds. The summed E-state index contributed by atoms with van der Waals surface area (Å²) in [5.41, 5.74) is 0.747. The zero-order chi connectivity index (χ0) is 26.9. The quantitative estimate of drug-likeness (QED) is 0.398. The highest BCUT2D eigenvalue weighted by Gasteiger charge is 2.29. The van der Waals surface area contributed by atoms with E-state index < -0.39 is 21.9 Å². The third kappa shape index (κ3) is 8.48. The van der Waals surface area contributed by atoms with Gasteiger partial charge in [-0.1, -0.05) is 49.7 Å². The van der Waals surface area contributed by atoms with E-state index in [0.717, 1.165) is 22.5 Å². The molecule has 2 atom stereocenters. The number of anilines is 1. The highest BCUT2D eigenvalue weighted by atomic mass is 35.5. The van der Waals surface area contributed by atoms with Gasteiger partial charge in [-0.25, -0.2) is 12.8 Å².